The van der Waals surface area contributed by atoms with Crippen LogP contribution in [0.2, 0.25) is 0 Å². The van der Waals surface area contributed by atoms with Crippen LogP contribution in [0.25, 0.3) is 0 Å². The van der Waals surface area contributed by atoms with Gasteiger partial charge in [0.15, 0.2) is 0 Å². The lowest BCUT2D eigenvalue weighted by Gasteiger charge is -2.20. The molecule has 2 nitrogen and oxygen atoms in total. The van der Waals surface area contributed by atoms with Gasteiger partial charge >= 0.3 is 0 Å². The molecule has 3 heteroatoms. The van der Waals surface area contributed by atoms with Gasteiger partial charge in [0.25, 0.3) is 0 Å². The number of rotatable bonds is 5. The Hall–Kier alpha value is -1.61. The molecule has 1 aliphatic heterocycles. The molecule has 0 saturated heterocycles. The Morgan fingerprint density at radius 3 is 2.30 bits per heavy atom. The Labute approximate surface area is 144 Å². The smallest absolute Gasteiger partial charge is 0.239 e. The number of para-hydroxylation sites is 1. The van der Waals surface area contributed by atoms with Crippen LogP contribution in [-0.2, 0) is 6.54 Å². The molecule has 0 N–H and O–H groups in total. The molecule has 0 atom stereocenters. The Balaban J connectivity index is 1.93. The first kappa shape index (κ1) is 16.3. The van der Waals surface area contributed by atoms with Crippen LogP contribution in [0.4, 0.5) is 5.69 Å². The van der Waals surface area contributed by atoms with E-state index < -0.39 is 0 Å². The van der Waals surface area contributed by atoms with E-state index in [1.807, 2.05) is 11.3 Å². The second-order valence-corrected chi connectivity index (χ2v) is 7.99. The molecular weight excluding hydrogens is 300 g/mol. The minimum Gasteiger partial charge on any atom is -0.259 e. The monoisotopic (exact) mass is 327 g/mol. The number of hydrogen-bond donors (Lipinski definition) is 0. The van der Waals surface area contributed by atoms with Gasteiger partial charge < -0.3 is 0 Å². The maximum absolute atomic E-state index is 2.47. The van der Waals surface area contributed by atoms with E-state index in [4.69, 9.17) is 0 Å². The summed E-state index contributed by atoms with van der Waals surface area (Å²) in [5, 5.41) is 2.16. The van der Waals surface area contributed by atoms with Gasteiger partial charge in [-0.25, -0.2) is 4.90 Å². The zero-order valence-electron chi connectivity index (χ0n) is 14.6. The van der Waals surface area contributed by atoms with Crippen LogP contribution in [0.15, 0.2) is 35.7 Å². The second-order valence-electron chi connectivity index (χ2n) is 6.95. The SMILES string of the molecule is CC(C)c1cccc(C(C)C)c1N1C=[N+](Cc2cccs2)CC1. The number of hydrogen-bond acceptors (Lipinski definition) is 2. The number of nitrogens with zero attached hydrogens (tertiary/aromatic N) is 2. The lowest BCUT2D eigenvalue weighted by atomic mass is 9.92. The quantitative estimate of drug-likeness (QED) is 0.696. The Kier molecular flexibility index (Phi) is 4.86. The molecule has 23 heavy (non-hydrogen) atoms. The van der Waals surface area contributed by atoms with Crippen molar-refractivity contribution in [1.82, 2.24) is 0 Å². The van der Waals surface area contributed by atoms with E-state index in [-0.39, 0.29) is 0 Å². The van der Waals surface area contributed by atoms with E-state index in [1.165, 1.54) is 21.7 Å². The molecule has 1 aromatic carbocycles. The summed E-state index contributed by atoms with van der Waals surface area (Å²) < 4.78 is 2.44. The third kappa shape index (κ3) is 3.50. The predicted octanol–water partition coefficient (Wildman–Crippen LogP) is 5.06. The fourth-order valence-electron chi connectivity index (χ4n) is 3.28. The number of anilines is 1. The van der Waals surface area contributed by atoms with Crippen molar-refractivity contribution in [2.24, 2.45) is 0 Å². The normalized spacial score (nSPS) is 14.9. The van der Waals surface area contributed by atoms with Crippen molar-refractivity contribution >= 4 is 23.4 Å². The molecule has 0 unspecified atom stereocenters. The highest BCUT2D eigenvalue weighted by atomic mass is 32.1. The van der Waals surface area contributed by atoms with Crippen LogP contribution >= 0.6 is 11.3 Å². The van der Waals surface area contributed by atoms with Crippen LogP contribution < -0.4 is 4.90 Å². The first-order valence-corrected chi connectivity index (χ1v) is 9.45. The highest BCUT2D eigenvalue weighted by Gasteiger charge is 2.28. The summed E-state index contributed by atoms with van der Waals surface area (Å²) in [6, 6.07) is 11.2. The number of thiophene rings is 1. The summed E-state index contributed by atoms with van der Waals surface area (Å²) in [4.78, 5) is 3.91. The molecule has 2 aromatic rings. The van der Waals surface area contributed by atoms with E-state index in [2.05, 4.69) is 79.2 Å². The molecule has 0 fully saturated rings. The average molecular weight is 328 g/mol. The van der Waals surface area contributed by atoms with E-state index in [1.54, 1.807) is 0 Å². The van der Waals surface area contributed by atoms with Gasteiger partial charge in [-0.15, -0.1) is 11.3 Å². The molecule has 1 aromatic heterocycles. The lowest BCUT2D eigenvalue weighted by molar-refractivity contribution is -0.529. The summed E-state index contributed by atoms with van der Waals surface area (Å²) in [5.41, 5.74) is 4.36. The molecule has 0 saturated carbocycles. The Morgan fingerprint density at radius 2 is 1.74 bits per heavy atom. The standard InChI is InChI=1S/C20H27N2S/c1-15(2)18-8-5-9-19(16(3)4)20(18)22-11-10-21(14-22)13-17-7-6-12-23-17/h5-9,12,14-16H,10-11,13H2,1-4H3/q+1. The Bertz CT molecular complexity index is 657. The van der Waals surface area contributed by atoms with E-state index in [0.29, 0.717) is 11.8 Å². The molecule has 0 spiro atoms. The zero-order chi connectivity index (χ0) is 16.4. The van der Waals surface area contributed by atoms with Gasteiger partial charge in [-0.1, -0.05) is 52.0 Å². The molecule has 0 amide bonds. The predicted molar refractivity (Wildman–Crippen MR) is 101 cm³/mol. The molecule has 2 heterocycles. The Morgan fingerprint density at radius 1 is 1.04 bits per heavy atom. The van der Waals surface area contributed by atoms with E-state index >= 15 is 0 Å². The van der Waals surface area contributed by atoms with Gasteiger partial charge in [0.1, 0.15) is 25.3 Å². The maximum atomic E-state index is 2.47. The summed E-state index contributed by atoms with van der Waals surface area (Å²) >= 11 is 1.84. The van der Waals surface area contributed by atoms with Gasteiger partial charge in [0, 0.05) is 16.0 Å². The van der Waals surface area contributed by atoms with Gasteiger partial charge in [-0.2, -0.15) is 0 Å². The second kappa shape index (κ2) is 6.88. The van der Waals surface area contributed by atoms with Crippen molar-refractivity contribution in [2.75, 3.05) is 18.0 Å². The summed E-state index contributed by atoms with van der Waals surface area (Å²) in [7, 11) is 0. The van der Waals surface area contributed by atoms with Crippen LogP contribution in [0.3, 0.4) is 0 Å². The van der Waals surface area contributed by atoms with Gasteiger partial charge in [-0.05, 0) is 23.3 Å². The van der Waals surface area contributed by atoms with Gasteiger partial charge in [0.05, 0.1) is 0 Å². The maximum Gasteiger partial charge on any atom is 0.239 e. The molecule has 0 bridgehead atoms. The summed E-state index contributed by atoms with van der Waals surface area (Å²) in [5.74, 6) is 1.09. The highest BCUT2D eigenvalue weighted by molar-refractivity contribution is 7.09. The van der Waals surface area contributed by atoms with E-state index in [0.717, 1.165) is 19.6 Å². The van der Waals surface area contributed by atoms with Crippen LogP contribution in [0.1, 0.15) is 55.5 Å². The van der Waals surface area contributed by atoms with Crippen molar-refractivity contribution in [3.63, 3.8) is 0 Å². The zero-order valence-corrected chi connectivity index (χ0v) is 15.4. The molecule has 0 radical (unpaired) electrons. The van der Waals surface area contributed by atoms with Crippen LogP contribution in [0, 0.1) is 0 Å². The van der Waals surface area contributed by atoms with Gasteiger partial charge in [-0.3, -0.25) is 4.58 Å². The fourth-order valence-corrected chi connectivity index (χ4v) is 4.01. The first-order chi connectivity index (χ1) is 11.1. The van der Waals surface area contributed by atoms with Crippen molar-refractivity contribution < 1.29 is 4.58 Å². The summed E-state index contributed by atoms with van der Waals surface area (Å²) in [6.07, 6.45) is 2.33. The molecule has 1 aliphatic rings. The highest BCUT2D eigenvalue weighted by Crippen LogP contribution is 2.35. The van der Waals surface area contributed by atoms with Crippen molar-refractivity contribution in [2.45, 2.75) is 46.1 Å². The largest absolute Gasteiger partial charge is 0.259 e. The molecular formula is C20H27N2S+. The van der Waals surface area contributed by atoms with Crippen molar-refractivity contribution in [3.05, 3.63) is 51.7 Å². The number of benzene rings is 1. The molecule has 0 aliphatic carbocycles. The van der Waals surface area contributed by atoms with Crippen molar-refractivity contribution in [3.8, 4) is 0 Å². The third-order valence-corrected chi connectivity index (χ3v) is 5.36. The molecule has 3 rings (SSSR count). The molecule has 122 valence electrons. The summed E-state index contributed by atoms with van der Waals surface area (Å²) in [6.45, 7) is 12.4. The third-order valence-electron chi connectivity index (χ3n) is 4.50. The van der Waals surface area contributed by atoms with E-state index in [9.17, 15) is 0 Å². The van der Waals surface area contributed by atoms with Gasteiger partial charge in [0.2, 0.25) is 6.34 Å². The van der Waals surface area contributed by atoms with Crippen molar-refractivity contribution in [1.29, 1.82) is 0 Å². The minimum atomic E-state index is 0.545. The fraction of sp³-hybridized carbons (Fsp3) is 0.450. The topological polar surface area (TPSA) is 6.25 Å². The minimum absolute atomic E-state index is 0.545. The average Bonchev–Trinajstić information content (AvgIpc) is 3.18. The first-order valence-electron chi connectivity index (χ1n) is 8.57. The van der Waals surface area contributed by atoms with Crippen LogP contribution in [-0.4, -0.2) is 24.0 Å². The lowest BCUT2D eigenvalue weighted by Crippen LogP contribution is -2.22. The van der Waals surface area contributed by atoms with Crippen LogP contribution in [0.5, 0.6) is 0 Å².